The highest BCUT2D eigenvalue weighted by atomic mass is 16.3. The molecule has 1 saturated heterocycles. The summed E-state index contributed by atoms with van der Waals surface area (Å²) in [5, 5.41) is 12.7. The van der Waals surface area contributed by atoms with Crippen LogP contribution in [0.4, 0.5) is 11.4 Å². The molecule has 2 atom stereocenters. The van der Waals surface area contributed by atoms with Crippen molar-refractivity contribution in [3.05, 3.63) is 23.8 Å². The zero-order valence-corrected chi connectivity index (χ0v) is 12.1. The van der Waals surface area contributed by atoms with Gasteiger partial charge in [-0.3, -0.25) is 9.69 Å². The maximum Gasteiger partial charge on any atom is 0.238 e. The van der Waals surface area contributed by atoms with Gasteiger partial charge in [0, 0.05) is 17.9 Å². The van der Waals surface area contributed by atoms with Gasteiger partial charge in [-0.15, -0.1) is 0 Å². The van der Waals surface area contributed by atoms with Gasteiger partial charge in [0.05, 0.1) is 12.6 Å². The van der Waals surface area contributed by atoms with Gasteiger partial charge in [-0.1, -0.05) is 13.0 Å². The number of piperidine rings is 1. The molecule has 0 aromatic heterocycles. The number of anilines is 2. The lowest BCUT2D eigenvalue weighted by Gasteiger charge is -2.33. The zero-order chi connectivity index (χ0) is 14.7. The van der Waals surface area contributed by atoms with Crippen LogP contribution >= 0.6 is 0 Å². The van der Waals surface area contributed by atoms with Crippen LogP contribution in [-0.4, -0.2) is 41.7 Å². The van der Waals surface area contributed by atoms with Crippen molar-refractivity contribution in [3.8, 4) is 0 Å². The minimum Gasteiger partial charge on any atom is -0.398 e. The number of aliphatic hydroxyl groups excluding tert-OH is 1. The van der Waals surface area contributed by atoms with Crippen molar-refractivity contribution in [1.82, 2.24) is 4.90 Å². The summed E-state index contributed by atoms with van der Waals surface area (Å²) in [4.78, 5) is 14.0. The van der Waals surface area contributed by atoms with Crippen LogP contribution in [0.1, 0.15) is 18.9 Å². The smallest absolute Gasteiger partial charge is 0.238 e. The van der Waals surface area contributed by atoms with E-state index in [-0.39, 0.29) is 12.0 Å². The third-order valence-electron chi connectivity index (χ3n) is 4.02. The summed E-state index contributed by atoms with van der Waals surface area (Å²) in [5.74, 6) is 0.242. The van der Waals surface area contributed by atoms with Crippen LogP contribution in [-0.2, 0) is 4.79 Å². The lowest BCUT2D eigenvalue weighted by molar-refractivity contribution is -0.118. The van der Waals surface area contributed by atoms with Gasteiger partial charge in [-0.05, 0) is 43.5 Å². The Bertz CT molecular complexity index is 490. The predicted molar refractivity (Wildman–Crippen MR) is 80.4 cm³/mol. The Hall–Kier alpha value is -1.59. The van der Waals surface area contributed by atoms with Crippen LogP contribution < -0.4 is 11.1 Å². The zero-order valence-electron chi connectivity index (χ0n) is 12.1. The van der Waals surface area contributed by atoms with E-state index in [2.05, 4.69) is 5.32 Å². The second kappa shape index (κ2) is 6.24. The fourth-order valence-corrected chi connectivity index (χ4v) is 2.44. The van der Waals surface area contributed by atoms with E-state index in [1.165, 1.54) is 0 Å². The topological polar surface area (TPSA) is 78.6 Å². The molecule has 1 aromatic carbocycles. The SMILES string of the molecule is Cc1c(N)cccc1NC(=O)CN1CCC(C)C(O)C1. The van der Waals surface area contributed by atoms with Gasteiger partial charge in [-0.25, -0.2) is 0 Å². The number of nitrogens with two attached hydrogens (primary N) is 1. The molecule has 5 heteroatoms. The molecule has 0 aliphatic carbocycles. The van der Waals surface area contributed by atoms with E-state index in [1.54, 1.807) is 0 Å². The van der Waals surface area contributed by atoms with Crippen molar-refractivity contribution in [2.24, 2.45) is 5.92 Å². The molecule has 0 spiro atoms. The van der Waals surface area contributed by atoms with Gasteiger partial charge in [0.15, 0.2) is 0 Å². The number of aliphatic hydroxyl groups is 1. The number of nitrogens with zero attached hydrogens (tertiary/aromatic N) is 1. The average Bonchev–Trinajstić information content (AvgIpc) is 2.39. The van der Waals surface area contributed by atoms with Crippen LogP contribution in [0.3, 0.4) is 0 Å². The number of rotatable bonds is 3. The second-order valence-electron chi connectivity index (χ2n) is 5.64. The summed E-state index contributed by atoms with van der Waals surface area (Å²) in [6, 6.07) is 5.48. The Morgan fingerprint density at radius 3 is 3.00 bits per heavy atom. The molecule has 2 unspecified atom stereocenters. The molecular weight excluding hydrogens is 254 g/mol. The Balaban J connectivity index is 1.91. The van der Waals surface area contributed by atoms with Crippen molar-refractivity contribution in [3.63, 3.8) is 0 Å². The molecule has 1 fully saturated rings. The number of likely N-dealkylation sites (tertiary alicyclic amines) is 1. The van der Waals surface area contributed by atoms with Crippen molar-refractivity contribution in [1.29, 1.82) is 0 Å². The minimum atomic E-state index is -0.342. The normalized spacial score (nSPS) is 23.6. The Kier molecular flexibility index (Phi) is 4.62. The first-order valence-corrected chi connectivity index (χ1v) is 7.02. The standard InChI is InChI=1S/C15H23N3O2/c1-10-6-7-18(8-14(10)19)9-15(20)17-13-5-3-4-12(16)11(13)2/h3-5,10,14,19H,6-9,16H2,1-2H3,(H,17,20). The molecule has 1 amide bonds. The van der Waals surface area contributed by atoms with E-state index < -0.39 is 0 Å². The monoisotopic (exact) mass is 277 g/mol. The van der Waals surface area contributed by atoms with E-state index >= 15 is 0 Å². The van der Waals surface area contributed by atoms with E-state index in [0.717, 1.165) is 24.2 Å². The van der Waals surface area contributed by atoms with Gasteiger partial charge >= 0.3 is 0 Å². The summed E-state index contributed by atoms with van der Waals surface area (Å²) in [6.45, 7) is 5.64. The molecule has 110 valence electrons. The summed E-state index contributed by atoms with van der Waals surface area (Å²) in [7, 11) is 0. The number of β-amino-alcohol motifs (C(OH)–C–C–N with tert-alkyl or cyclic N) is 1. The molecule has 2 rings (SSSR count). The van der Waals surface area contributed by atoms with E-state index in [4.69, 9.17) is 5.73 Å². The fourth-order valence-electron chi connectivity index (χ4n) is 2.44. The molecule has 1 aromatic rings. The van der Waals surface area contributed by atoms with Crippen molar-refractivity contribution in [2.75, 3.05) is 30.7 Å². The number of amides is 1. The second-order valence-corrected chi connectivity index (χ2v) is 5.64. The Labute approximate surface area is 119 Å². The fraction of sp³-hybridized carbons (Fsp3) is 0.533. The molecule has 0 radical (unpaired) electrons. The first kappa shape index (κ1) is 14.8. The summed E-state index contributed by atoms with van der Waals surface area (Å²) in [5.41, 5.74) is 8.12. The summed E-state index contributed by atoms with van der Waals surface area (Å²) in [6.07, 6.45) is 0.580. The minimum absolute atomic E-state index is 0.0690. The number of hydrogen-bond donors (Lipinski definition) is 3. The largest absolute Gasteiger partial charge is 0.398 e. The van der Waals surface area contributed by atoms with Crippen molar-refractivity contribution >= 4 is 17.3 Å². The number of carbonyl (C=O) groups excluding carboxylic acids is 1. The van der Waals surface area contributed by atoms with Gasteiger partial charge in [0.1, 0.15) is 0 Å². The molecule has 0 saturated carbocycles. The van der Waals surface area contributed by atoms with Gasteiger partial charge in [0.25, 0.3) is 0 Å². The molecule has 1 aliphatic rings. The number of nitrogens with one attached hydrogen (secondary N) is 1. The predicted octanol–water partition coefficient (Wildman–Crippen LogP) is 1.22. The van der Waals surface area contributed by atoms with Crippen molar-refractivity contribution < 1.29 is 9.90 Å². The Morgan fingerprint density at radius 2 is 2.30 bits per heavy atom. The lowest BCUT2D eigenvalue weighted by Crippen LogP contribution is -2.45. The Morgan fingerprint density at radius 1 is 1.55 bits per heavy atom. The third kappa shape index (κ3) is 3.49. The summed E-state index contributed by atoms with van der Waals surface area (Å²) >= 11 is 0. The van der Waals surface area contributed by atoms with Crippen LogP contribution in [0.15, 0.2) is 18.2 Å². The molecule has 0 bridgehead atoms. The van der Waals surface area contributed by atoms with E-state index in [0.29, 0.717) is 24.7 Å². The van der Waals surface area contributed by atoms with Crippen LogP contribution in [0.2, 0.25) is 0 Å². The van der Waals surface area contributed by atoms with E-state index in [9.17, 15) is 9.90 Å². The number of nitrogen functional groups attached to an aromatic ring is 1. The van der Waals surface area contributed by atoms with Crippen LogP contribution in [0, 0.1) is 12.8 Å². The summed E-state index contributed by atoms with van der Waals surface area (Å²) < 4.78 is 0. The van der Waals surface area contributed by atoms with Crippen molar-refractivity contribution in [2.45, 2.75) is 26.4 Å². The maximum atomic E-state index is 12.1. The van der Waals surface area contributed by atoms with Gasteiger partial charge < -0.3 is 16.2 Å². The number of hydrogen-bond acceptors (Lipinski definition) is 4. The molecule has 20 heavy (non-hydrogen) atoms. The molecule has 5 nitrogen and oxygen atoms in total. The van der Waals surface area contributed by atoms with Crippen LogP contribution in [0.25, 0.3) is 0 Å². The van der Waals surface area contributed by atoms with Crippen LogP contribution in [0.5, 0.6) is 0 Å². The lowest BCUT2D eigenvalue weighted by atomic mass is 9.96. The first-order valence-electron chi connectivity index (χ1n) is 7.02. The molecule has 4 N–H and O–H groups in total. The molecule has 1 heterocycles. The number of benzene rings is 1. The highest BCUT2D eigenvalue weighted by molar-refractivity contribution is 5.93. The highest BCUT2D eigenvalue weighted by Crippen LogP contribution is 2.21. The molecular formula is C15H23N3O2. The van der Waals surface area contributed by atoms with E-state index in [1.807, 2.05) is 36.9 Å². The highest BCUT2D eigenvalue weighted by Gasteiger charge is 2.25. The third-order valence-corrected chi connectivity index (χ3v) is 4.02. The maximum absolute atomic E-state index is 12.1. The van der Waals surface area contributed by atoms with Gasteiger partial charge in [-0.2, -0.15) is 0 Å². The first-order chi connectivity index (χ1) is 9.47. The molecule has 1 aliphatic heterocycles. The number of carbonyl (C=O) groups is 1. The van der Waals surface area contributed by atoms with Gasteiger partial charge in [0.2, 0.25) is 5.91 Å². The quantitative estimate of drug-likeness (QED) is 0.726. The average molecular weight is 277 g/mol.